The summed E-state index contributed by atoms with van der Waals surface area (Å²) in [6.45, 7) is 4.95. The summed E-state index contributed by atoms with van der Waals surface area (Å²) in [5.74, 6) is 0.235. The summed E-state index contributed by atoms with van der Waals surface area (Å²) in [6, 6.07) is 3.24. The molecule has 0 fully saturated rings. The second-order valence-corrected chi connectivity index (χ2v) is 3.45. The molecule has 0 aromatic carbocycles. The fourth-order valence-corrected chi connectivity index (χ4v) is 1.22. The van der Waals surface area contributed by atoms with Gasteiger partial charge in [0, 0.05) is 19.3 Å². The molecule has 0 saturated heterocycles. The van der Waals surface area contributed by atoms with Crippen LogP contribution in [-0.2, 0) is 4.74 Å². The van der Waals surface area contributed by atoms with E-state index in [9.17, 15) is 4.79 Å². The number of carbonyl (C=O) groups is 1. The number of hydrogen-bond acceptors (Lipinski definition) is 4. The summed E-state index contributed by atoms with van der Waals surface area (Å²) in [6.07, 6.45) is 1.46. The van der Waals surface area contributed by atoms with Gasteiger partial charge in [-0.3, -0.25) is 4.79 Å². The van der Waals surface area contributed by atoms with Crippen LogP contribution in [0.2, 0.25) is 0 Å². The predicted molar refractivity (Wildman–Crippen MR) is 62.1 cm³/mol. The molecule has 0 saturated carbocycles. The van der Waals surface area contributed by atoms with E-state index in [0.717, 1.165) is 0 Å². The van der Waals surface area contributed by atoms with Crippen molar-refractivity contribution in [3.05, 3.63) is 23.9 Å². The van der Waals surface area contributed by atoms with Crippen molar-refractivity contribution in [2.24, 2.45) is 0 Å². The lowest BCUT2D eigenvalue weighted by atomic mass is 10.2. The smallest absolute Gasteiger partial charge is 0.252 e. The number of rotatable bonds is 5. The molecule has 1 aromatic rings. The van der Waals surface area contributed by atoms with Crippen molar-refractivity contribution >= 4 is 11.7 Å². The monoisotopic (exact) mass is 223 g/mol. The number of nitrogens with two attached hydrogens (primary N) is 1. The van der Waals surface area contributed by atoms with Gasteiger partial charge in [-0.15, -0.1) is 0 Å². The summed E-state index contributed by atoms with van der Waals surface area (Å²) < 4.78 is 5.30. The number of nitrogen functional groups attached to an aromatic ring is 1. The van der Waals surface area contributed by atoms with Crippen LogP contribution in [0.15, 0.2) is 18.3 Å². The molecule has 0 spiro atoms. The molecule has 88 valence electrons. The Morgan fingerprint density at radius 1 is 1.62 bits per heavy atom. The van der Waals surface area contributed by atoms with Crippen LogP contribution in [0.25, 0.3) is 0 Å². The molecular weight excluding hydrogens is 206 g/mol. The van der Waals surface area contributed by atoms with Gasteiger partial charge in [-0.25, -0.2) is 4.98 Å². The van der Waals surface area contributed by atoms with Gasteiger partial charge >= 0.3 is 0 Å². The first-order valence-corrected chi connectivity index (χ1v) is 5.24. The topological polar surface area (TPSA) is 77.2 Å². The maximum absolute atomic E-state index is 11.6. The van der Waals surface area contributed by atoms with Crippen LogP contribution >= 0.6 is 0 Å². The standard InChI is InChI=1S/C11H17N3O2/c1-3-16-8(2)6-14-11(15)9-4-5-10(12)13-7-9/h4-5,7-8H,3,6H2,1-2H3,(H2,12,13)(H,14,15). The van der Waals surface area contributed by atoms with Crippen molar-refractivity contribution in [1.29, 1.82) is 0 Å². The van der Waals surface area contributed by atoms with Gasteiger partial charge in [-0.05, 0) is 26.0 Å². The number of pyridine rings is 1. The molecule has 0 aliphatic carbocycles. The Bertz CT molecular complexity index is 338. The molecule has 0 aliphatic rings. The van der Waals surface area contributed by atoms with Crippen LogP contribution in [0.5, 0.6) is 0 Å². The Balaban J connectivity index is 2.43. The predicted octanol–water partition coefficient (Wildman–Crippen LogP) is 0.819. The molecule has 0 radical (unpaired) electrons. The summed E-state index contributed by atoms with van der Waals surface area (Å²) in [5.41, 5.74) is 5.92. The Labute approximate surface area is 95.0 Å². The number of anilines is 1. The molecule has 1 aromatic heterocycles. The highest BCUT2D eigenvalue weighted by Crippen LogP contribution is 2.01. The van der Waals surface area contributed by atoms with Crippen LogP contribution in [-0.4, -0.2) is 30.1 Å². The highest BCUT2D eigenvalue weighted by atomic mass is 16.5. The zero-order chi connectivity index (χ0) is 12.0. The van der Waals surface area contributed by atoms with Gasteiger partial charge in [0.25, 0.3) is 5.91 Å². The third-order valence-corrected chi connectivity index (χ3v) is 2.05. The van der Waals surface area contributed by atoms with E-state index in [4.69, 9.17) is 10.5 Å². The van der Waals surface area contributed by atoms with Crippen molar-refractivity contribution in [1.82, 2.24) is 10.3 Å². The zero-order valence-corrected chi connectivity index (χ0v) is 9.56. The Morgan fingerprint density at radius 3 is 2.94 bits per heavy atom. The molecule has 0 aliphatic heterocycles. The molecular formula is C11H17N3O2. The van der Waals surface area contributed by atoms with Gasteiger partial charge in [0.15, 0.2) is 0 Å². The summed E-state index contributed by atoms with van der Waals surface area (Å²) >= 11 is 0. The number of nitrogens with one attached hydrogen (secondary N) is 1. The number of amides is 1. The maximum atomic E-state index is 11.6. The SMILES string of the molecule is CCOC(C)CNC(=O)c1ccc(N)nc1. The number of carbonyl (C=O) groups excluding carboxylic acids is 1. The van der Waals surface area contributed by atoms with E-state index in [0.29, 0.717) is 24.5 Å². The highest BCUT2D eigenvalue weighted by molar-refractivity contribution is 5.93. The number of ether oxygens (including phenoxy) is 1. The Kier molecular flexibility index (Phi) is 4.72. The van der Waals surface area contributed by atoms with Crippen molar-refractivity contribution in [3.63, 3.8) is 0 Å². The number of aromatic nitrogens is 1. The van der Waals surface area contributed by atoms with Crippen LogP contribution < -0.4 is 11.1 Å². The van der Waals surface area contributed by atoms with Gasteiger partial charge < -0.3 is 15.8 Å². The fourth-order valence-electron chi connectivity index (χ4n) is 1.22. The summed E-state index contributed by atoms with van der Waals surface area (Å²) in [4.78, 5) is 15.5. The van der Waals surface area contributed by atoms with E-state index < -0.39 is 0 Å². The van der Waals surface area contributed by atoms with E-state index in [1.807, 2.05) is 13.8 Å². The van der Waals surface area contributed by atoms with E-state index >= 15 is 0 Å². The van der Waals surface area contributed by atoms with Crippen LogP contribution in [0.1, 0.15) is 24.2 Å². The normalized spacial score (nSPS) is 12.1. The summed E-state index contributed by atoms with van der Waals surface area (Å²) in [5, 5.41) is 2.76. The summed E-state index contributed by atoms with van der Waals surface area (Å²) in [7, 11) is 0. The average molecular weight is 223 g/mol. The minimum Gasteiger partial charge on any atom is -0.384 e. The lowest BCUT2D eigenvalue weighted by Crippen LogP contribution is -2.32. The van der Waals surface area contributed by atoms with E-state index in [1.165, 1.54) is 6.20 Å². The van der Waals surface area contributed by atoms with Crippen molar-refractivity contribution in [2.45, 2.75) is 20.0 Å². The molecule has 1 amide bonds. The molecule has 3 N–H and O–H groups in total. The molecule has 5 nitrogen and oxygen atoms in total. The molecule has 1 rings (SSSR count). The quantitative estimate of drug-likeness (QED) is 0.774. The van der Waals surface area contributed by atoms with Crippen LogP contribution in [0.3, 0.4) is 0 Å². The molecule has 16 heavy (non-hydrogen) atoms. The first kappa shape index (κ1) is 12.4. The first-order chi connectivity index (χ1) is 7.63. The molecule has 0 bridgehead atoms. The number of hydrogen-bond donors (Lipinski definition) is 2. The average Bonchev–Trinajstić information content (AvgIpc) is 2.27. The fraction of sp³-hybridized carbons (Fsp3) is 0.455. The minimum atomic E-state index is -0.168. The van der Waals surface area contributed by atoms with Gasteiger partial charge in [-0.2, -0.15) is 0 Å². The number of nitrogens with zero attached hydrogens (tertiary/aromatic N) is 1. The van der Waals surface area contributed by atoms with Gasteiger partial charge in [-0.1, -0.05) is 0 Å². The van der Waals surface area contributed by atoms with Crippen molar-refractivity contribution < 1.29 is 9.53 Å². The van der Waals surface area contributed by atoms with Crippen LogP contribution in [0.4, 0.5) is 5.82 Å². The largest absolute Gasteiger partial charge is 0.384 e. The highest BCUT2D eigenvalue weighted by Gasteiger charge is 2.07. The first-order valence-electron chi connectivity index (χ1n) is 5.24. The van der Waals surface area contributed by atoms with E-state index in [2.05, 4.69) is 10.3 Å². The molecule has 1 unspecified atom stereocenters. The second kappa shape index (κ2) is 6.07. The minimum absolute atomic E-state index is 0.00990. The maximum Gasteiger partial charge on any atom is 0.252 e. The zero-order valence-electron chi connectivity index (χ0n) is 9.56. The second-order valence-electron chi connectivity index (χ2n) is 3.45. The van der Waals surface area contributed by atoms with Gasteiger partial charge in [0.05, 0.1) is 11.7 Å². The van der Waals surface area contributed by atoms with E-state index in [-0.39, 0.29) is 12.0 Å². The molecule has 1 atom stereocenters. The molecule has 1 heterocycles. The van der Waals surface area contributed by atoms with Crippen molar-refractivity contribution in [2.75, 3.05) is 18.9 Å². The van der Waals surface area contributed by atoms with E-state index in [1.54, 1.807) is 12.1 Å². The Hall–Kier alpha value is -1.62. The lowest BCUT2D eigenvalue weighted by Gasteiger charge is -2.12. The molecule has 5 heteroatoms. The third kappa shape index (κ3) is 3.86. The van der Waals surface area contributed by atoms with Crippen molar-refractivity contribution in [3.8, 4) is 0 Å². The van der Waals surface area contributed by atoms with Gasteiger partial charge in [0.1, 0.15) is 5.82 Å². The Morgan fingerprint density at radius 2 is 2.38 bits per heavy atom. The van der Waals surface area contributed by atoms with Gasteiger partial charge in [0.2, 0.25) is 0 Å². The van der Waals surface area contributed by atoms with Crippen LogP contribution in [0, 0.1) is 0 Å². The lowest BCUT2D eigenvalue weighted by molar-refractivity contribution is 0.0695. The third-order valence-electron chi connectivity index (χ3n) is 2.05.